The van der Waals surface area contributed by atoms with Crippen LogP contribution in [0.3, 0.4) is 0 Å². The smallest absolute Gasteiger partial charge is 0.269 e. The van der Waals surface area contributed by atoms with Crippen LogP contribution < -0.4 is 10.6 Å². The van der Waals surface area contributed by atoms with E-state index in [0.717, 1.165) is 5.56 Å². The molecule has 0 bridgehead atoms. The normalized spacial score (nSPS) is 11.9. The Balaban J connectivity index is 1.81. The number of hydrogen-bond donors (Lipinski definition) is 2. The second kappa shape index (κ2) is 7.37. The van der Waals surface area contributed by atoms with E-state index in [1.165, 1.54) is 12.1 Å². The molecule has 2 N–H and O–H groups in total. The summed E-state index contributed by atoms with van der Waals surface area (Å²) < 4.78 is 5.13. The predicted octanol–water partition coefficient (Wildman–Crippen LogP) is 1.98. The number of hydrogen-bond acceptors (Lipinski definition) is 5. The van der Waals surface area contributed by atoms with Crippen LogP contribution in [0.25, 0.3) is 0 Å². The van der Waals surface area contributed by atoms with Crippen LogP contribution in [0.5, 0.6) is 0 Å². The zero-order valence-electron chi connectivity index (χ0n) is 12.1. The lowest BCUT2D eigenvalue weighted by Gasteiger charge is -2.13. The molecular weight excluding hydrogens is 286 g/mol. The Morgan fingerprint density at radius 2 is 2.14 bits per heavy atom. The van der Waals surface area contributed by atoms with Crippen molar-refractivity contribution < 1.29 is 14.1 Å². The molecule has 1 amide bonds. The first-order valence-corrected chi connectivity index (χ1v) is 6.83. The number of non-ortho nitro benzene ring substituents is 1. The summed E-state index contributed by atoms with van der Waals surface area (Å²) in [4.78, 5) is 22.2. The quantitative estimate of drug-likeness (QED) is 0.602. The van der Waals surface area contributed by atoms with Gasteiger partial charge in [0.2, 0.25) is 5.91 Å². The average Bonchev–Trinajstić information content (AvgIpc) is 3.04. The van der Waals surface area contributed by atoms with Gasteiger partial charge in [0.05, 0.1) is 23.8 Å². The molecule has 0 fully saturated rings. The van der Waals surface area contributed by atoms with Gasteiger partial charge in [-0.2, -0.15) is 0 Å². The minimum atomic E-state index is -0.441. The molecule has 0 aliphatic rings. The lowest BCUT2D eigenvalue weighted by molar-refractivity contribution is -0.384. The molecule has 7 nitrogen and oxygen atoms in total. The van der Waals surface area contributed by atoms with Crippen LogP contribution in [0.2, 0.25) is 0 Å². The summed E-state index contributed by atoms with van der Waals surface area (Å²) in [6.07, 6.45) is 1.55. The third-order valence-electron chi connectivity index (χ3n) is 3.14. The first kappa shape index (κ1) is 15.7. The van der Waals surface area contributed by atoms with Crippen LogP contribution in [0.15, 0.2) is 47.1 Å². The molecule has 0 aliphatic carbocycles. The van der Waals surface area contributed by atoms with Crippen molar-refractivity contribution in [3.63, 3.8) is 0 Å². The summed E-state index contributed by atoms with van der Waals surface area (Å²) in [5, 5.41) is 16.5. The molecule has 116 valence electrons. The van der Waals surface area contributed by atoms with Gasteiger partial charge in [-0.05, 0) is 24.6 Å². The van der Waals surface area contributed by atoms with E-state index >= 15 is 0 Å². The summed E-state index contributed by atoms with van der Waals surface area (Å²) in [5.41, 5.74) is 0.786. The van der Waals surface area contributed by atoms with Crippen molar-refractivity contribution in [2.75, 3.05) is 0 Å². The SMILES string of the molecule is CC(NCc1cccc([N+](=O)[O-])c1)C(=O)NCc1ccco1. The van der Waals surface area contributed by atoms with E-state index in [4.69, 9.17) is 4.42 Å². The topological polar surface area (TPSA) is 97.4 Å². The van der Waals surface area contributed by atoms with Crippen molar-refractivity contribution in [3.05, 3.63) is 64.1 Å². The van der Waals surface area contributed by atoms with Gasteiger partial charge in [-0.15, -0.1) is 0 Å². The molecule has 1 aromatic heterocycles. The maximum atomic E-state index is 11.9. The van der Waals surface area contributed by atoms with Crippen molar-refractivity contribution >= 4 is 11.6 Å². The summed E-state index contributed by atoms with van der Waals surface area (Å²) in [6.45, 7) is 2.43. The van der Waals surface area contributed by atoms with Gasteiger partial charge in [0.15, 0.2) is 0 Å². The molecule has 7 heteroatoms. The third-order valence-corrected chi connectivity index (χ3v) is 3.14. The number of benzene rings is 1. The zero-order valence-corrected chi connectivity index (χ0v) is 12.1. The molecular formula is C15H17N3O4. The van der Waals surface area contributed by atoms with E-state index in [1.807, 2.05) is 0 Å². The second-order valence-corrected chi connectivity index (χ2v) is 4.83. The minimum absolute atomic E-state index is 0.0363. The van der Waals surface area contributed by atoms with E-state index in [0.29, 0.717) is 18.8 Å². The highest BCUT2D eigenvalue weighted by atomic mass is 16.6. The molecule has 22 heavy (non-hydrogen) atoms. The Bertz CT molecular complexity index is 640. The molecule has 0 spiro atoms. The Labute approximate surface area is 127 Å². The number of nitro groups is 1. The van der Waals surface area contributed by atoms with Crippen LogP contribution >= 0.6 is 0 Å². The van der Waals surface area contributed by atoms with E-state index in [1.54, 1.807) is 37.5 Å². The van der Waals surface area contributed by atoms with Crippen molar-refractivity contribution in [2.24, 2.45) is 0 Å². The average molecular weight is 303 g/mol. The van der Waals surface area contributed by atoms with Crippen molar-refractivity contribution in [3.8, 4) is 0 Å². The lowest BCUT2D eigenvalue weighted by atomic mass is 10.2. The molecule has 1 aromatic carbocycles. The summed E-state index contributed by atoms with van der Waals surface area (Å²) in [6, 6.07) is 9.43. The maximum absolute atomic E-state index is 11.9. The van der Waals surface area contributed by atoms with Gasteiger partial charge in [-0.25, -0.2) is 0 Å². The molecule has 1 heterocycles. The number of rotatable bonds is 7. The number of furan rings is 1. The van der Waals surface area contributed by atoms with Gasteiger partial charge >= 0.3 is 0 Å². The van der Waals surface area contributed by atoms with Gasteiger partial charge in [-0.1, -0.05) is 12.1 Å². The number of nitrogens with zero attached hydrogens (tertiary/aromatic N) is 1. The van der Waals surface area contributed by atoms with E-state index in [2.05, 4.69) is 10.6 Å². The van der Waals surface area contributed by atoms with E-state index in [-0.39, 0.29) is 11.6 Å². The van der Waals surface area contributed by atoms with Gasteiger partial charge < -0.3 is 15.1 Å². The Morgan fingerprint density at radius 3 is 2.82 bits per heavy atom. The van der Waals surface area contributed by atoms with Crippen molar-refractivity contribution in [2.45, 2.75) is 26.1 Å². The molecule has 1 unspecified atom stereocenters. The van der Waals surface area contributed by atoms with Crippen LogP contribution in [0.4, 0.5) is 5.69 Å². The molecule has 0 saturated carbocycles. The van der Waals surface area contributed by atoms with Crippen LogP contribution in [0.1, 0.15) is 18.2 Å². The highest BCUT2D eigenvalue weighted by Gasteiger charge is 2.13. The fraction of sp³-hybridized carbons (Fsp3) is 0.267. The molecule has 0 radical (unpaired) electrons. The largest absolute Gasteiger partial charge is 0.467 e. The van der Waals surface area contributed by atoms with Gasteiger partial charge in [0.1, 0.15) is 5.76 Å². The summed E-state index contributed by atoms with van der Waals surface area (Å²) in [7, 11) is 0. The number of carbonyl (C=O) groups excluding carboxylic acids is 1. The number of amides is 1. The molecule has 0 saturated heterocycles. The van der Waals surface area contributed by atoms with Gasteiger partial charge in [0.25, 0.3) is 5.69 Å². The first-order valence-electron chi connectivity index (χ1n) is 6.83. The molecule has 1 atom stereocenters. The molecule has 2 aromatic rings. The van der Waals surface area contributed by atoms with Crippen LogP contribution in [0, 0.1) is 10.1 Å². The highest BCUT2D eigenvalue weighted by Crippen LogP contribution is 2.12. The maximum Gasteiger partial charge on any atom is 0.269 e. The lowest BCUT2D eigenvalue weighted by Crippen LogP contribution is -2.41. The zero-order chi connectivity index (χ0) is 15.9. The fourth-order valence-corrected chi connectivity index (χ4v) is 1.88. The molecule has 2 rings (SSSR count). The summed E-state index contributed by atoms with van der Waals surface area (Å²) in [5.74, 6) is 0.515. The first-order chi connectivity index (χ1) is 10.6. The van der Waals surface area contributed by atoms with Gasteiger partial charge in [0, 0.05) is 18.7 Å². The Hall–Kier alpha value is -2.67. The van der Waals surface area contributed by atoms with E-state index in [9.17, 15) is 14.9 Å². The van der Waals surface area contributed by atoms with Crippen molar-refractivity contribution in [1.82, 2.24) is 10.6 Å². The number of nitrogens with one attached hydrogen (secondary N) is 2. The monoisotopic (exact) mass is 303 g/mol. The Kier molecular flexibility index (Phi) is 5.26. The second-order valence-electron chi connectivity index (χ2n) is 4.83. The third kappa shape index (κ3) is 4.42. The summed E-state index contributed by atoms with van der Waals surface area (Å²) >= 11 is 0. The number of carbonyl (C=O) groups is 1. The molecule has 0 aliphatic heterocycles. The predicted molar refractivity (Wildman–Crippen MR) is 80.0 cm³/mol. The van der Waals surface area contributed by atoms with Crippen molar-refractivity contribution in [1.29, 1.82) is 0 Å². The standard InChI is InChI=1S/C15H17N3O4/c1-11(15(19)17-10-14-6-3-7-22-14)16-9-12-4-2-5-13(8-12)18(20)21/h2-8,11,16H,9-10H2,1H3,(H,17,19). The highest BCUT2D eigenvalue weighted by molar-refractivity contribution is 5.81. The van der Waals surface area contributed by atoms with Gasteiger partial charge in [-0.3, -0.25) is 14.9 Å². The van der Waals surface area contributed by atoms with E-state index < -0.39 is 11.0 Å². The minimum Gasteiger partial charge on any atom is -0.467 e. The van der Waals surface area contributed by atoms with Crippen LogP contribution in [-0.2, 0) is 17.9 Å². The number of nitro benzene ring substituents is 1. The fourth-order valence-electron chi connectivity index (χ4n) is 1.88. The Morgan fingerprint density at radius 1 is 1.32 bits per heavy atom. The van der Waals surface area contributed by atoms with Crippen LogP contribution in [-0.4, -0.2) is 16.9 Å².